The molecule has 114 valence electrons. The van der Waals surface area contributed by atoms with Crippen molar-refractivity contribution >= 4 is 11.0 Å². The van der Waals surface area contributed by atoms with Gasteiger partial charge in [0.05, 0.1) is 17.6 Å². The van der Waals surface area contributed by atoms with Crippen molar-refractivity contribution in [2.24, 2.45) is 0 Å². The molecule has 22 heavy (non-hydrogen) atoms. The Balaban J connectivity index is 1.63. The molecule has 3 rings (SSSR count). The van der Waals surface area contributed by atoms with Crippen molar-refractivity contribution in [3.63, 3.8) is 0 Å². The van der Waals surface area contributed by atoms with Crippen molar-refractivity contribution in [1.29, 1.82) is 0 Å². The van der Waals surface area contributed by atoms with E-state index in [1.165, 1.54) is 11.1 Å². The number of aryl methyl sites for hydroxylation is 3. The normalized spacial score (nSPS) is 11.0. The molecule has 0 aliphatic heterocycles. The molecular formula is C19H22N2O. The third-order valence-electron chi connectivity index (χ3n) is 3.87. The minimum atomic E-state index is 0.721. The molecule has 3 heteroatoms. The number of benzene rings is 2. The van der Waals surface area contributed by atoms with Crippen LogP contribution in [0.5, 0.6) is 5.75 Å². The largest absolute Gasteiger partial charge is 0.494 e. The first-order valence-electron chi connectivity index (χ1n) is 7.91. The number of fused-ring (bicyclic) bond motifs is 1. The van der Waals surface area contributed by atoms with Gasteiger partial charge in [-0.05, 0) is 37.6 Å². The Morgan fingerprint density at radius 3 is 2.59 bits per heavy atom. The zero-order chi connectivity index (χ0) is 15.4. The molecule has 0 unspecified atom stereocenters. The third-order valence-corrected chi connectivity index (χ3v) is 3.87. The van der Waals surface area contributed by atoms with Gasteiger partial charge in [0.1, 0.15) is 11.6 Å². The molecule has 0 aliphatic rings. The number of para-hydroxylation sites is 2. The first-order chi connectivity index (χ1) is 10.8. The first kappa shape index (κ1) is 14.6. The summed E-state index contributed by atoms with van der Waals surface area (Å²) in [7, 11) is 0. The van der Waals surface area contributed by atoms with Crippen molar-refractivity contribution in [1.82, 2.24) is 9.55 Å². The highest BCUT2D eigenvalue weighted by Gasteiger charge is 2.08. The van der Waals surface area contributed by atoms with Gasteiger partial charge in [-0.25, -0.2) is 4.98 Å². The van der Waals surface area contributed by atoms with Crippen molar-refractivity contribution in [2.75, 3.05) is 6.61 Å². The SMILES string of the molecule is CCc1nc2ccccc2n1CCCOc1ccc(C)cc1. The molecule has 0 atom stereocenters. The van der Waals surface area contributed by atoms with Crippen molar-refractivity contribution < 1.29 is 4.74 Å². The summed E-state index contributed by atoms with van der Waals surface area (Å²) in [5.41, 5.74) is 3.55. The Morgan fingerprint density at radius 2 is 1.82 bits per heavy atom. The molecule has 3 nitrogen and oxygen atoms in total. The molecule has 0 bridgehead atoms. The second-order valence-electron chi connectivity index (χ2n) is 5.54. The van der Waals surface area contributed by atoms with E-state index in [4.69, 9.17) is 9.72 Å². The fourth-order valence-electron chi connectivity index (χ4n) is 2.69. The van der Waals surface area contributed by atoms with Gasteiger partial charge in [-0.3, -0.25) is 0 Å². The van der Waals surface area contributed by atoms with E-state index in [2.05, 4.69) is 48.7 Å². The second kappa shape index (κ2) is 6.65. The van der Waals surface area contributed by atoms with Gasteiger partial charge < -0.3 is 9.30 Å². The van der Waals surface area contributed by atoms with E-state index in [9.17, 15) is 0 Å². The Hall–Kier alpha value is -2.29. The van der Waals surface area contributed by atoms with Gasteiger partial charge in [0.25, 0.3) is 0 Å². The molecule has 0 radical (unpaired) electrons. The number of nitrogens with zero attached hydrogens (tertiary/aromatic N) is 2. The summed E-state index contributed by atoms with van der Waals surface area (Å²) in [5, 5.41) is 0. The number of rotatable bonds is 6. The summed E-state index contributed by atoms with van der Waals surface area (Å²) in [6.07, 6.45) is 1.93. The zero-order valence-electron chi connectivity index (χ0n) is 13.2. The summed E-state index contributed by atoms with van der Waals surface area (Å²) in [4.78, 5) is 4.70. The van der Waals surface area contributed by atoms with Crippen LogP contribution in [0.3, 0.4) is 0 Å². The van der Waals surface area contributed by atoms with Crippen molar-refractivity contribution in [2.45, 2.75) is 33.2 Å². The molecule has 0 spiro atoms. The summed E-state index contributed by atoms with van der Waals surface area (Å²) in [5.74, 6) is 2.09. The van der Waals surface area contributed by atoms with E-state index in [0.717, 1.165) is 43.1 Å². The number of aromatic nitrogens is 2. The van der Waals surface area contributed by atoms with Gasteiger partial charge in [-0.1, -0.05) is 36.8 Å². The quantitative estimate of drug-likeness (QED) is 0.631. The molecule has 0 saturated heterocycles. The number of imidazole rings is 1. The van der Waals surface area contributed by atoms with Gasteiger partial charge in [0, 0.05) is 13.0 Å². The number of ether oxygens (including phenoxy) is 1. The van der Waals surface area contributed by atoms with Crippen LogP contribution in [0, 0.1) is 6.92 Å². The van der Waals surface area contributed by atoms with Crippen LogP contribution in [0.1, 0.15) is 24.7 Å². The van der Waals surface area contributed by atoms with Gasteiger partial charge in [-0.2, -0.15) is 0 Å². The van der Waals surface area contributed by atoms with Gasteiger partial charge in [0.15, 0.2) is 0 Å². The molecule has 2 aromatic carbocycles. The predicted molar refractivity (Wildman–Crippen MR) is 90.4 cm³/mol. The van der Waals surface area contributed by atoms with Crippen LogP contribution in [0.2, 0.25) is 0 Å². The van der Waals surface area contributed by atoms with Crippen LogP contribution < -0.4 is 4.74 Å². The lowest BCUT2D eigenvalue weighted by atomic mass is 10.2. The van der Waals surface area contributed by atoms with E-state index in [1.54, 1.807) is 0 Å². The fourth-order valence-corrected chi connectivity index (χ4v) is 2.69. The third kappa shape index (κ3) is 3.14. The topological polar surface area (TPSA) is 27.1 Å². The van der Waals surface area contributed by atoms with Gasteiger partial charge in [-0.15, -0.1) is 0 Å². The molecule has 0 aliphatic carbocycles. The van der Waals surface area contributed by atoms with Crippen LogP contribution >= 0.6 is 0 Å². The van der Waals surface area contributed by atoms with Crippen molar-refractivity contribution in [3.05, 3.63) is 59.9 Å². The van der Waals surface area contributed by atoms with E-state index in [0.29, 0.717) is 0 Å². The maximum absolute atomic E-state index is 5.81. The number of hydrogen-bond acceptors (Lipinski definition) is 2. The lowest BCUT2D eigenvalue weighted by Gasteiger charge is -2.09. The Bertz CT molecular complexity index is 744. The van der Waals surface area contributed by atoms with Crippen LogP contribution in [-0.4, -0.2) is 16.2 Å². The van der Waals surface area contributed by atoms with Crippen molar-refractivity contribution in [3.8, 4) is 5.75 Å². The molecule has 0 N–H and O–H groups in total. The molecule has 1 aromatic heterocycles. The summed E-state index contributed by atoms with van der Waals surface area (Å²) in [6.45, 7) is 5.90. The second-order valence-corrected chi connectivity index (χ2v) is 5.54. The van der Waals surface area contributed by atoms with Crippen LogP contribution in [0.15, 0.2) is 48.5 Å². The average molecular weight is 294 g/mol. The van der Waals surface area contributed by atoms with Gasteiger partial charge >= 0.3 is 0 Å². The highest BCUT2D eigenvalue weighted by atomic mass is 16.5. The zero-order valence-corrected chi connectivity index (χ0v) is 13.2. The van der Waals surface area contributed by atoms with Crippen LogP contribution in [0.4, 0.5) is 0 Å². The number of hydrogen-bond donors (Lipinski definition) is 0. The monoisotopic (exact) mass is 294 g/mol. The molecule has 1 heterocycles. The fraction of sp³-hybridized carbons (Fsp3) is 0.316. The standard InChI is InChI=1S/C19H22N2O/c1-3-19-20-17-7-4-5-8-18(17)21(19)13-6-14-22-16-11-9-15(2)10-12-16/h4-5,7-12H,3,6,13-14H2,1-2H3. The molecule has 0 fully saturated rings. The van der Waals surface area contributed by atoms with E-state index in [-0.39, 0.29) is 0 Å². The lowest BCUT2D eigenvalue weighted by Crippen LogP contribution is -2.07. The lowest BCUT2D eigenvalue weighted by molar-refractivity contribution is 0.302. The Labute approximate surface area is 131 Å². The van der Waals surface area contributed by atoms with E-state index >= 15 is 0 Å². The Morgan fingerprint density at radius 1 is 1.05 bits per heavy atom. The maximum atomic E-state index is 5.81. The smallest absolute Gasteiger partial charge is 0.119 e. The molecule has 0 saturated carbocycles. The highest BCUT2D eigenvalue weighted by Crippen LogP contribution is 2.17. The summed E-state index contributed by atoms with van der Waals surface area (Å²) >= 11 is 0. The molecule has 0 amide bonds. The van der Waals surface area contributed by atoms with E-state index in [1.807, 2.05) is 18.2 Å². The van der Waals surface area contributed by atoms with E-state index < -0.39 is 0 Å². The molecular weight excluding hydrogens is 272 g/mol. The summed E-state index contributed by atoms with van der Waals surface area (Å²) in [6, 6.07) is 16.5. The summed E-state index contributed by atoms with van der Waals surface area (Å²) < 4.78 is 8.12. The average Bonchev–Trinajstić information content (AvgIpc) is 2.91. The molecule has 3 aromatic rings. The maximum Gasteiger partial charge on any atom is 0.119 e. The Kier molecular flexibility index (Phi) is 4.42. The van der Waals surface area contributed by atoms with Crippen LogP contribution in [-0.2, 0) is 13.0 Å². The predicted octanol–water partition coefficient (Wildman–Crippen LogP) is 4.38. The highest BCUT2D eigenvalue weighted by molar-refractivity contribution is 5.75. The minimum absolute atomic E-state index is 0.721. The minimum Gasteiger partial charge on any atom is -0.494 e. The first-order valence-corrected chi connectivity index (χ1v) is 7.91. The van der Waals surface area contributed by atoms with Crippen LogP contribution in [0.25, 0.3) is 11.0 Å². The van der Waals surface area contributed by atoms with Gasteiger partial charge in [0.2, 0.25) is 0 Å².